The average molecular weight is 301 g/mol. The van der Waals surface area contributed by atoms with Gasteiger partial charge in [-0.05, 0) is 18.3 Å². The second-order valence-corrected chi connectivity index (χ2v) is 7.23. The first-order valence-electron chi connectivity index (χ1n) is 9.03. The van der Waals surface area contributed by atoms with E-state index in [0.29, 0.717) is 17.8 Å². The molecule has 0 saturated carbocycles. The molecule has 0 spiro atoms. The van der Waals surface area contributed by atoms with Gasteiger partial charge < -0.3 is 9.47 Å². The molecular formula is C19H40O2. The van der Waals surface area contributed by atoms with Crippen LogP contribution < -0.4 is 0 Å². The van der Waals surface area contributed by atoms with E-state index in [1.807, 2.05) is 14.2 Å². The molecule has 21 heavy (non-hydrogen) atoms. The second-order valence-electron chi connectivity index (χ2n) is 7.23. The molecule has 1 atom stereocenters. The van der Waals surface area contributed by atoms with Gasteiger partial charge in [0.05, 0.1) is 0 Å². The Hall–Kier alpha value is -0.0800. The maximum Gasteiger partial charge on any atom is 0.170 e. The van der Waals surface area contributed by atoms with Crippen LogP contribution in [0.4, 0.5) is 0 Å². The third kappa shape index (κ3) is 7.65. The van der Waals surface area contributed by atoms with E-state index in [9.17, 15) is 0 Å². The quantitative estimate of drug-likeness (QED) is 0.305. The van der Waals surface area contributed by atoms with Gasteiger partial charge in [0.15, 0.2) is 5.79 Å². The summed E-state index contributed by atoms with van der Waals surface area (Å²) in [6.45, 7) is 11.4. The Morgan fingerprint density at radius 3 is 1.76 bits per heavy atom. The number of rotatable bonds is 13. The van der Waals surface area contributed by atoms with Crippen molar-refractivity contribution in [2.45, 2.75) is 91.8 Å². The predicted octanol–water partition coefficient (Wildman–Crippen LogP) is 6.04. The van der Waals surface area contributed by atoms with Crippen molar-refractivity contribution in [3.05, 3.63) is 0 Å². The number of methoxy groups -OCH3 is 2. The molecule has 0 saturated heterocycles. The Bertz CT molecular complexity index is 232. The van der Waals surface area contributed by atoms with Crippen molar-refractivity contribution in [1.29, 1.82) is 0 Å². The molecule has 0 fully saturated rings. The zero-order valence-electron chi connectivity index (χ0n) is 15.7. The van der Waals surface area contributed by atoms with Gasteiger partial charge in [-0.25, -0.2) is 0 Å². The lowest BCUT2D eigenvalue weighted by atomic mass is 9.79. The van der Waals surface area contributed by atoms with Gasteiger partial charge in [0.1, 0.15) is 0 Å². The number of hydrogen-bond acceptors (Lipinski definition) is 2. The van der Waals surface area contributed by atoms with E-state index < -0.39 is 5.79 Å². The van der Waals surface area contributed by atoms with Gasteiger partial charge in [0.2, 0.25) is 0 Å². The average Bonchev–Trinajstić information content (AvgIpc) is 2.44. The van der Waals surface area contributed by atoms with Crippen molar-refractivity contribution in [2.24, 2.45) is 17.8 Å². The summed E-state index contributed by atoms with van der Waals surface area (Å²) in [7, 11) is 3.62. The van der Waals surface area contributed by atoms with E-state index in [1.54, 1.807) is 0 Å². The molecule has 0 radical (unpaired) electrons. The summed E-state index contributed by atoms with van der Waals surface area (Å²) in [6, 6.07) is 0. The van der Waals surface area contributed by atoms with Gasteiger partial charge in [0, 0.05) is 26.6 Å². The van der Waals surface area contributed by atoms with E-state index in [-0.39, 0.29) is 0 Å². The van der Waals surface area contributed by atoms with Crippen LogP contribution >= 0.6 is 0 Å². The summed E-state index contributed by atoms with van der Waals surface area (Å²) in [5.41, 5.74) is 0. The van der Waals surface area contributed by atoms with Gasteiger partial charge in [0.25, 0.3) is 0 Å². The van der Waals surface area contributed by atoms with E-state index in [2.05, 4.69) is 34.6 Å². The Balaban J connectivity index is 4.54. The van der Waals surface area contributed by atoms with Crippen LogP contribution in [0.1, 0.15) is 86.0 Å². The van der Waals surface area contributed by atoms with Crippen LogP contribution in [-0.2, 0) is 9.47 Å². The van der Waals surface area contributed by atoms with Gasteiger partial charge >= 0.3 is 0 Å². The molecule has 0 rings (SSSR count). The Kier molecular flexibility index (Phi) is 11.4. The summed E-state index contributed by atoms with van der Waals surface area (Å²) in [5, 5.41) is 0. The van der Waals surface area contributed by atoms with Gasteiger partial charge in [-0.1, -0.05) is 73.1 Å². The van der Waals surface area contributed by atoms with E-state index in [0.717, 1.165) is 6.42 Å². The molecule has 128 valence electrons. The van der Waals surface area contributed by atoms with Crippen molar-refractivity contribution < 1.29 is 9.47 Å². The van der Waals surface area contributed by atoms with Crippen molar-refractivity contribution >= 4 is 0 Å². The van der Waals surface area contributed by atoms with Gasteiger partial charge in [-0.15, -0.1) is 0 Å². The fourth-order valence-electron chi connectivity index (χ4n) is 3.48. The molecule has 0 aromatic heterocycles. The molecule has 0 aromatic carbocycles. The lowest BCUT2D eigenvalue weighted by Crippen LogP contribution is -2.45. The van der Waals surface area contributed by atoms with Crippen LogP contribution in [0.5, 0.6) is 0 Å². The van der Waals surface area contributed by atoms with Crippen LogP contribution in [0.3, 0.4) is 0 Å². The molecule has 0 aromatic rings. The first-order valence-corrected chi connectivity index (χ1v) is 9.03. The molecule has 0 aliphatic heterocycles. The van der Waals surface area contributed by atoms with Crippen LogP contribution in [-0.4, -0.2) is 20.0 Å². The molecule has 0 aliphatic rings. The molecule has 0 heterocycles. The van der Waals surface area contributed by atoms with Crippen LogP contribution in [0.25, 0.3) is 0 Å². The first kappa shape index (κ1) is 20.9. The topological polar surface area (TPSA) is 18.5 Å². The van der Waals surface area contributed by atoms with Crippen LogP contribution in [0, 0.1) is 17.8 Å². The van der Waals surface area contributed by atoms with E-state index in [4.69, 9.17) is 9.47 Å². The zero-order chi connectivity index (χ0) is 16.3. The second kappa shape index (κ2) is 11.5. The van der Waals surface area contributed by atoms with E-state index >= 15 is 0 Å². The summed E-state index contributed by atoms with van der Waals surface area (Å²) < 4.78 is 11.8. The largest absolute Gasteiger partial charge is 0.353 e. The predicted molar refractivity (Wildman–Crippen MR) is 92.5 cm³/mol. The molecule has 0 N–H and O–H groups in total. The number of hydrogen-bond donors (Lipinski definition) is 0. The maximum absolute atomic E-state index is 5.89. The fourth-order valence-corrected chi connectivity index (χ4v) is 3.48. The molecule has 1 unspecified atom stereocenters. The van der Waals surface area contributed by atoms with Crippen molar-refractivity contribution in [2.75, 3.05) is 14.2 Å². The highest BCUT2D eigenvalue weighted by Gasteiger charge is 2.40. The Morgan fingerprint density at radius 1 is 0.810 bits per heavy atom. The summed E-state index contributed by atoms with van der Waals surface area (Å²) >= 11 is 0. The lowest BCUT2D eigenvalue weighted by Gasteiger charge is -2.42. The molecule has 2 nitrogen and oxygen atoms in total. The van der Waals surface area contributed by atoms with Crippen molar-refractivity contribution in [3.63, 3.8) is 0 Å². The standard InChI is InChI=1S/C19H40O2/c1-8-9-10-11-12-13-14-18(17(4)5)19(20-6,21-7)15-16(2)3/h16-18H,8-15H2,1-7H3. The van der Waals surface area contributed by atoms with E-state index in [1.165, 1.54) is 44.9 Å². The summed E-state index contributed by atoms with van der Waals surface area (Å²) in [5.74, 6) is 1.22. The molecule has 0 amide bonds. The minimum atomic E-state index is -0.411. The normalized spacial score (nSPS) is 14.1. The SMILES string of the molecule is CCCCCCCCC(C(C)C)C(CC(C)C)(OC)OC. The monoisotopic (exact) mass is 300 g/mol. The number of unbranched alkanes of at least 4 members (excludes halogenated alkanes) is 5. The van der Waals surface area contributed by atoms with Crippen LogP contribution in [0.2, 0.25) is 0 Å². The zero-order valence-corrected chi connectivity index (χ0v) is 15.7. The molecule has 2 heteroatoms. The summed E-state index contributed by atoms with van der Waals surface area (Å²) in [6.07, 6.45) is 10.3. The molecule has 0 aliphatic carbocycles. The fraction of sp³-hybridized carbons (Fsp3) is 1.00. The number of ether oxygens (including phenoxy) is 2. The van der Waals surface area contributed by atoms with Crippen LogP contribution in [0.15, 0.2) is 0 Å². The maximum atomic E-state index is 5.89. The lowest BCUT2D eigenvalue weighted by molar-refractivity contribution is -0.258. The first-order chi connectivity index (χ1) is 9.93. The molecule has 0 bridgehead atoms. The highest BCUT2D eigenvalue weighted by Crippen LogP contribution is 2.38. The highest BCUT2D eigenvalue weighted by molar-refractivity contribution is 4.83. The van der Waals surface area contributed by atoms with Crippen molar-refractivity contribution in [1.82, 2.24) is 0 Å². The highest BCUT2D eigenvalue weighted by atomic mass is 16.7. The Morgan fingerprint density at radius 2 is 1.33 bits per heavy atom. The van der Waals surface area contributed by atoms with Gasteiger partial charge in [-0.2, -0.15) is 0 Å². The minimum Gasteiger partial charge on any atom is -0.353 e. The third-order valence-corrected chi connectivity index (χ3v) is 4.62. The van der Waals surface area contributed by atoms with Crippen molar-refractivity contribution in [3.8, 4) is 0 Å². The minimum absolute atomic E-state index is 0.411. The smallest absolute Gasteiger partial charge is 0.170 e. The van der Waals surface area contributed by atoms with Gasteiger partial charge in [-0.3, -0.25) is 0 Å². The Labute approximate surface area is 134 Å². The summed E-state index contributed by atoms with van der Waals surface area (Å²) in [4.78, 5) is 0. The third-order valence-electron chi connectivity index (χ3n) is 4.62. The molecular weight excluding hydrogens is 260 g/mol.